The zero-order valence-corrected chi connectivity index (χ0v) is 17.7. The van der Waals surface area contributed by atoms with Crippen LogP contribution in [0.25, 0.3) is 0 Å². The highest BCUT2D eigenvalue weighted by Gasteiger charge is 2.40. The molecule has 7 nitrogen and oxygen atoms in total. The van der Waals surface area contributed by atoms with E-state index in [9.17, 15) is 4.79 Å². The van der Waals surface area contributed by atoms with Crippen molar-refractivity contribution in [3.05, 3.63) is 65.3 Å². The molecule has 0 spiro atoms. The average Bonchev–Trinajstić information content (AvgIpc) is 3.39. The summed E-state index contributed by atoms with van der Waals surface area (Å²) in [6, 6.07) is 12.9. The van der Waals surface area contributed by atoms with Gasteiger partial charge < -0.3 is 14.0 Å². The molecule has 2 heterocycles. The van der Waals surface area contributed by atoms with Gasteiger partial charge >= 0.3 is 0 Å². The van der Waals surface area contributed by atoms with Gasteiger partial charge in [-0.1, -0.05) is 23.4 Å². The van der Waals surface area contributed by atoms with Crippen LogP contribution in [0, 0.1) is 0 Å². The van der Waals surface area contributed by atoms with Crippen LogP contribution in [0.15, 0.2) is 47.0 Å². The van der Waals surface area contributed by atoms with E-state index in [4.69, 9.17) is 14.0 Å². The Hall–Kier alpha value is -3.35. The number of hydrogen-bond donors (Lipinski definition) is 0. The Labute approximate surface area is 181 Å². The van der Waals surface area contributed by atoms with Crippen molar-refractivity contribution in [3.8, 4) is 11.5 Å². The molecular weight excluding hydrogens is 394 g/mol. The number of aromatic nitrogens is 2. The van der Waals surface area contributed by atoms with Crippen molar-refractivity contribution >= 4 is 11.6 Å². The molecule has 7 heteroatoms. The molecule has 2 aliphatic rings. The molecular formula is C24H25N3O4. The van der Waals surface area contributed by atoms with Gasteiger partial charge in [-0.3, -0.25) is 9.69 Å². The quantitative estimate of drug-likeness (QED) is 0.553. The summed E-state index contributed by atoms with van der Waals surface area (Å²) in [4.78, 5) is 20.1. The Balaban J connectivity index is 1.51. The number of amides is 1. The average molecular weight is 419 g/mol. The highest BCUT2D eigenvalue weighted by molar-refractivity contribution is 6.08. The molecule has 0 saturated heterocycles. The zero-order valence-electron chi connectivity index (χ0n) is 17.7. The maximum absolute atomic E-state index is 13.7. The van der Waals surface area contributed by atoms with Crippen LogP contribution >= 0.6 is 0 Å². The van der Waals surface area contributed by atoms with Crippen LogP contribution in [-0.4, -0.2) is 29.3 Å². The highest BCUT2D eigenvalue weighted by atomic mass is 16.5. The summed E-state index contributed by atoms with van der Waals surface area (Å²) in [5, 5.41) is 4.16. The summed E-state index contributed by atoms with van der Waals surface area (Å²) in [6.45, 7) is 4.83. The van der Waals surface area contributed by atoms with Gasteiger partial charge in [0.1, 0.15) is 6.04 Å². The first kappa shape index (κ1) is 19.6. The molecule has 1 unspecified atom stereocenters. The molecule has 0 radical (unpaired) electrons. The van der Waals surface area contributed by atoms with Crippen molar-refractivity contribution in [3.63, 3.8) is 0 Å². The van der Waals surface area contributed by atoms with Gasteiger partial charge in [0.15, 0.2) is 17.3 Å². The van der Waals surface area contributed by atoms with Gasteiger partial charge in [0.25, 0.3) is 5.91 Å². The third kappa shape index (κ3) is 3.65. The third-order valence-corrected chi connectivity index (χ3v) is 5.67. The summed E-state index contributed by atoms with van der Waals surface area (Å²) < 4.78 is 17.0. The minimum Gasteiger partial charge on any atom is -0.490 e. The fourth-order valence-electron chi connectivity index (χ4n) is 4.05. The Morgan fingerprint density at radius 3 is 2.65 bits per heavy atom. The van der Waals surface area contributed by atoms with Gasteiger partial charge in [-0.2, -0.15) is 4.98 Å². The standard InChI is InChI=1S/C24H25N3O4/c1-3-29-20-12-11-17(14-21(20)30-4-2)24(28)27-18-8-6-5-7-16(18)13-19(27)23-25-22(26-31-23)15-9-10-15/h5-8,11-12,14-15,19H,3-4,9-10,13H2,1-2H3. The Morgan fingerprint density at radius 2 is 1.87 bits per heavy atom. The van der Waals surface area contributed by atoms with E-state index in [2.05, 4.69) is 10.1 Å². The van der Waals surface area contributed by atoms with Crippen molar-refractivity contribution in [1.29, 1.82) is 0 Å². The number of anilines is 1. The lowest BCUT2D eigenvalue weighted by molar-refractivity contribution is 0.0974. The maximum atomic E-state index is 13.7. The Bertz CT molecular complexity index is 1110. The van der Waals surface area contributed by atoms with E-state index in [0.717, 1.165) is 29.9 Å². The van der Waals surface area contributed by atoms with E-state index >= 15 is 0 Å². The number of hydrogen-bond acceptors (Lipinski definition) is 6. The maximum Gasteiger partial charge on any atom is 0.259 e. The molecule has 1 atom stereocenters. The van der Waals surface area contributed by atoms with Gasteiger partial charge in [0, 0.05) is 23.6 Å². The topological polar surface area (TPSA) is 77.7 Å². The highest BCUT2D eigenvalue weighted by Crippen LogP contribution is 2.43. The lowest BCUT2D eigenvalue weighted by atomic mass is 10.1. The van der Waals surface area contributed by atoms with Gasteiger partial charge in [-0.05, 0) is 56.5 Å². The van der Waals surface area contributed by atoms with Crippen LogP contribution < -0.4 is 14.4 Å². The monoisotopic (exact) mass is 419 g/mol. The predicted octanol–water partition coefficient (Wildman–Crippen LogP) is 4.69. The lowest BCUT2D eigenvalue weighted by Crippen LogP contribution is -2.32. The second-order valence-electron chi connectivity index (χ2n) is 7.82. The van der Waals surface area contributed by atoms with Gasteiger partial charge in [-0.15, -0.1) is 0 Å². The number of para-hydroxylation sites is 1. The fraction of sp³-hybridized carbons (Fsp3) is 0.375. The van der Waals surface area contributed by atoms with Crippen LogP contribution in [-0.2, 0) is 6.42 Å². The lowest BCUT2D eigenvalue weighted by Gasteiger charge is -2.23. The number of nitrogens with zero attached hydrogens (tertiary/aromatic N) is 3. The fourth-order valence-corrected chi connectivity index (χ4v) is 4.05. The summed E-state index contributed by atoms with van der Waals surface area (Å²) in [6.07, 6.45) is 2.83. The molecule has 0 N–H and O–H groups in total. The van der Waals surface area contributed by atoms with Crippen molar-refractivity contribution in [2.75, 3.05) is 18.1 Å². The minimum absolute atomic E-state index is 0.134. The largest absolute Gasteiger partial charge is 0.490 e. The number of benzene rings is 2. The first-order valence-corrected chi connectivity index (χ1v) is 10.8. The van der Waals surface area contributed by atoms with Crippen LogP contribution in [0.5, 0.6) is 11.5 Å². The number of fused-ring (bicyclic) bond motifs is 1. The van der Waals surface area contributed by atoms with Crippen molar-refractivity contribution in [1.82, 2.24) is 10.1 Å². The molecule has 1 amide bonds. The summed E-state index contributed by atoms with van der Waals surface area (Å²) in [5.41, 5.74) is 2.48. The van der Waals surface area contributed by atoms with Gasteiger partial charge in [0.2, 0.25) is 5.89 Å². The second-order valence-corrected chi connectivity index (χ2v) is 7.82. The van der Waals surface area contributed by atoms with Gasteiger partial charge in [0.05, 0.1) is 13.2 Å². The first-order valence-electron chi connectivity index (χ1n) is 10.8. The van der Waals surface area contributed by atoms with Crippen molar-refractivity contribution in [2.45, 2.75) is 45.1 Å². The molecule has 2 aromatic carbocycles. The van der Waals surface area contributed by atoms with Crippen LogP contribution in [0.4, 0.5) is 5.69 Å². The van der Waals surface area contributed by atoms with E-state index in [1.165, 1.54) is 0 Å². The molecule has 160 valence electrons. The molecule has 3 aromatic rings. The van der Waals surface area contributed by atoms with E-state index < -0.39 is 0 Å². The molecule has 1 saturated carbocycles. The number of rotatable bonds is 7. The predicted molar refractivity (Wildman–Crippen MR) is 115 cm³/mol. The van der Waals surface area contributed by atoms with Crippen LogP contribution in [0.1, 0.15) is 66.3 Å². The van der Waals surface area contributed by atoms with E-state index in [-0.39, 0.29) is 11.9 Å². The minimum atomic E-state index is -0.327. The molecule has 1 fully saturated rings. The number of carbonyl (C=O) groups excluding carboxylic acids is 1. The molecule has 1 aliphatic heterocycles. The third-order valence-electron chi connectivity index (χ3n) is 5.67. The van der Waals surface area contributed by atoms with Crippen molar-refractivity contribution in [2.24, 2.45) is 0 Å². The smallest absolute Gasteiger partial charge is 0.259 e. The number of ether oxygens (including phenoxy) is 2. The summed E-state index contributed by atoms with van der Waals surface area (Å²) in [5.74, 6) is 2.69. The molecule has 1 aliphatic carbocycles. The Kier molecular flexibility index (Phi) is 5.10. The molecule has 31 heavy (non-hydrogen) atoms. The normalized spacial score (nSPS) is 17.5. The second kappa shape index (κ2) is 8.06. The SMILES string of the molecule is CCOc1ccc(C(=O)N2c3ccccc3CC2c2nc(C3CC3)no2)cc1OCC. The van der Waals surface area contributed by atoms with E-state index in [1.807, 2.05) is 38.1 Å². The molecule has 5 rings (SSSR count). The van der Waals surface area contributed by atoms with Gasteiger partial charge in [-0.25, -0.2) is 0 Å². The number of carbonyl (C=O) groups is 1. The van der Waals surface area contributed by atoms with E-state index in [0.29, 0.717) is 48.5 Å². The Morgan fingerprint density at radius 1 is 1.10 bits per heavy atom. The molecule has 0 bridgehead atoms. The summed E-state index contributed by atoms with van der Waals surface area (Å²) in [7, 11) is 0. The summed E-state index contributed by atoms with van der Waals surface area (Å²) >= 11 is 0. The first-order chi connectivity index (χ1) is 15.2. The van der Waals surface area contributed by atoms with Crippen molar-refractivity contribution < 1.29 is 18.8 Å². The molecule has 1 aromatic heterocycles. The van der Waals surface area contributed by atoms with E-state index in [1.54, 1.807) is 23.1 Å². The van der Waals surface area contributed by atoms with Crippen LogP contribution in [0.3, 0.4) is 0 Å². The van der Waals surface area contributed by atoms with Crippen LogP contribution in [0.2, 0.25) is 0 Å². The zero-order chi connectivity index (χ0) is 21.4.